The minimum absolute atomic E-state index is 0.0265. The first kappa shape index (κ1) is 18.1. The minimum Gasteiger partial charge on any atom is -0.345 e. The molecule has 1 N–H and O–H groups in total. The highest BCUT2D eigenvalue weighted by atomic mass is 32.2. The number of carbonyl (C=O) groups is 1. The van der Waals surface area contributed by atoms with Gasteiger partial charge in [0.2, 0.25) is 0 Å². The van der Waals surface area contributed by atoms with Crippen molar-refractivity contribution in [1.29, 1.82) is 0 Å². The molecule has 0 saturated heterocycles. The van der Waals surface area contributed by atoms with E-state index in [0.717, 1.165) is 12.1 Å². The van der Waals surface area contributed by atoms with Gasteiger partial charge in [0.1, 0.15) is 5.69 Å². The number of hydrogen-bond donors (Lipinski definition) is 1. The van der Waals surface area contributed by atoms with Gasteiger partial charge in [-0.05, 0) is 24.1 Å². The second-order valence-electron chi connectivity index (χ2n) is 5.93. The van der Waals surface area contributed by atoms with Gasteiger partial charge in [0.05, 0.1) is 10.6 Å². The second kappa shape index (κ2) is 6.72. The second-order valence-corrected chi connectivity index (χ2v) is 7.96. The van der Waals surface area contributed by atoms with Crippen LogP contribution < -0.4 is 5.32 Å². The molecule has 0 bridgehead atoms. The number of amides is 1. The highest BCUT2D eigenvalue weighted by Gasteiger charge is 2.22. The van der Waals surface area contributed by atoms with E-state index in [4.69, 9.17) is 0 Å². The molecule has 1 aromatic carbocycles. The standard InChI is InChI=1S/C16H18F2N2O3S/c1-10(2)9-24(22,23)12-7-15(20(3)8-12)16(21)19-11-4-5-13(17)14(18)6-11/h4-8,10H,9H2,1-3H3,(H,19,21). The van der Waals surface area contributed by atoms with Crippen LogP contribution in [0.1, 0.15) is 24.3 Å². The van der Waals surface area contributed by atoms with Crippen LogP contribution in [0, 0.1) is 17.6 Å². The molecule has 1 heterocycles. The van der Waals surface area contributed by atoms with E-state index in [1.165, 1.54) is 29.9 Å². The van der Waals surface area contributed by atoms with Crippen LogP contribution >= 0.6 is 0 Å². The molecular formula is C16H18F2N2O3S. The van der Waals surface area contributed by atoms with E-state index in [1.54, 1.807) is 13.8 Å². The van der Waals surface area contributed by atoms with E-state index in [-0.39, 0.29) is 27.9 Å². The number of benzene rings is 1. The molecule has 0 aliphatic carbocycles. The molecule has 5 nitrogen and oxygen atoms in total. The van der Waals surface area contributed by atoms with Crippen LogP contribution in [0.4, 0.5) is 14.5 Å². The van der Waals surface area contributed by atoms with Crippen LogP contribution in [0.15, 0.2) is 35.4 Å². The van der Waals surface area contributed by atoms with Crippen LogP contribution in [0.3, 0.4) is 0 Å². The molecular weight excluding hydrogens is 338 g/mol. The van der Waals surface area contributed by atoms with E-state index in [1.807, 2.05) is 0 Å². The number of hydrogen-bond acceptors (Lipinski definition) is 3. The largest absolute Gasteiger partial charge is 0.345 e. The smallest absolute Gasteiger partial charge is 0.272 e. The average Bonchev–Trinajstić information content (AvgIpc) is 2.84. The number of aromatic nitrogens is 1. The number of carbonyl (C=O) groups excluding carboxylic acids is 1. The van der Waals surface area contributed by atoms with Gasteiger partial charge in [0.15, 0.2) is 21.5 Å². The van der Waals surface area contributed by atoms with Crippen molar-refractivity contribution in [3.8, 4) is 0 Å². The molecule has 0 aliphatic rings. The zero-order valence-electron chi connectivity index (χ0n) is 13.5. The molecule has 0 spiro atoms. The molecule has 0 atom stereocenters. The molecule has 2 rings (SSSR count). The summed E-state index contributed by atoms with van der Waals surface area (Å²) in [5.41, 5.74) is 0.175. The maximum absolute atomic E-state index is 13.2. The van der Waals surface area contributed by atoms with Crippen LogP contribution in [0.5, 0.6) is 0 Å². The van der Waals surface area contributed by atoms with Crippen molar-refractivity contribution < 1.29 is 22.0 Å². The molecule has 0 unspecified atom stereocenters. The third kappa shape index (κ3) is 4.00. The van der Waals surface area contributed by atoms with Crippen LogP contribution in [-0.4, -0.2) is 24.6 Å². The summed E-state index contributed by atoms with van der Waals surface area (Å²) in [6.45, 7) is 3.58. The summed E-state index contributed by atoms with van der Waals surface area (Å²) in [6, 6.07) is 4.24. The van der Waals surface area contributed by atoms with Crippen molar-refractivity contribution in [3.63, 3.8) is 0 Å². The van der Waals surface area contributed by atoms with Crippen molar-refractivity contribution in [1.82, 2.24) is 4.57 Å². The first-order valence-corrected chi connectivity index (χ1v) is 8.91. The summed E-state index contributed by atoms with van der Waals surface area (Å²) < 4.78 is 51.9. The number of anilines is 1. The van der Waals surface area contributed by atoms with Gasteiger partial charge < -0.3 is 9.88 Å². The highest BCUT2D eigenvalue weighted by Crippen LogP contribution is 2.19. The Bertz CT molecular complexity index is 873. The molecule has 0 radical (unpaired) electrons. The lowest BCUT2D eigenvalue weighted by molar-refractivity contribution is 0.101. The summed E-state index contributed by atoms with van der Waals surface area (Å²) in [7, 11) is -1.95. The highest BCUT2D eigenvalue weighted by molar-refractivity contribution is 7.91. The molecule has 1 aromatic heterocycles. The van der Waals surface area contributed by atoms with Crippen molar-refractivity contribution in [2.45, 2.75) is 18.7 Å². The quantitative estimate of drug-likeness (QED) is 0.895. The molecule has 8 heteroatoms. The average molecular weight is 356 g/mol. The van der Waals surface area contributed by atoms with Gasteiger partial charge in [-0.15, -0.1) is 0 Å². The molecule has 0 fully saturated rings. The summed E-state index contributed by atoms with van der Waals surface area (Å²) >= 11 is 0. The maximum Gasteiger partial charge on any atom is 0.272 e. The Hall–Kier alpha value is -2.22. The monoisotopic (exact) mass is 356 g/mol. The van der Waals surface area contributed by atoms with Crippen LogP contribution in [0.2, 0.25) is 0 Å². The van der Waals surface area contributed by atoms with Gasteiger partial charge in [-0.2, -0.15) is 0 Å². The van der Waals surface area contributed by atoms with Crippen LogP contribution in [0.25, 0.3) is 0 Å². The summed E-state index contributed by atoms with van der Waals surface area (Å²) in [4.78, 5) is 12.3. The van der Waals surface area contributed by atoms with Gasteiger partial charge >= 0.3 is 0 Å². The summed E-state index contributed by atoms with van der Waals surface area (Å²) in [6.07, 6.45) is 1.36. The fraction of sp³-hybridized carbons (Fsp3) is 0.312. The maximum atomic E-state index is 13.2. The number of nitrogens with one attached hydrogen (secondary N) is 1. The van der Waals surface area contributed by atoms with Crippen molar-refractivity contribution in [2.24, 2.45) is 13.0 Å². The Morgan fingerprint density at radius 2 is 1.88 bits per heavy atom. The van der Waals surface area contributed by atoms with E-state index in [9.17, 15) is 22.0 Å². The Morgan fingerprint density at radius 3 is 2.46 bits per heavy atom. The summed E-state index contributed by atoms with van der Waals surface area (Å²) in [5, 5.41) is 2.41. The first-order valence-electron chi connectivity index (χ1n) is 7.25. The Kier molecular flexibility index (Phi) is 5.08. The molecule has 2 aromatic rings. The van der Waals surface area contributed by atoms with Gasteiger partial charge in [-0.1, -0.05) is 13.8 Å². The zero-order valence-corrected chi connectivity index (χ0v) is 14.3. The van der Waals surface area contributed by atoms with Gasteiger partial charge in [0, 0.05) is 25.0 Å². The lowest BCUT2D eigenvalue weighted by atomic mass is 10.3. The number of nitrogens with zero attached hydrogens (tertiary/aromatic N) is 1. The molecule has 0 aliphatic heterocycles. The van der Waals surface area contributed by atoms with E-state index < -0.39 is 27.4 Å². The molecule has 130 valence electrons. The van der Waals surface area contributed by atoms with E-state index in [2.05, 4.69) is 5.32 Å². The number of sulfone groups is 1. The lowest BCUT2D eigenvalue weighted by Crippen LogP contribution is -2.15. The predicted molar refractivity (Wildman–Crippen MR) is 86.6 cm³/mol. The van der Waals surface area contributed by atoms with Gasteiger partial charge in [0.25, 0.3) is 5.91 Å². The van der Waals surface area contributed by atoms with Crippen molar-refractivity contribution in [3.05, 3.63) is 47.8 Å². The summed E-state index contributed by atoms with van der Waals surface area (Å²) in [5.74, 6) is -2.79. The number of rotatable bonds is 5. The zero-order chi connectivity index (χ0) is 18.1. The molecule has 0 saturated carbocycles. The fourth-order valence-electron chi connectivity index (χ4n) is 2.23. The van der Waals surface area contributed by atoms with Crippen LogP contribution in [-0.2, 0) is 16.9 Å². The topological polar surface area (TPSA) is 68.2 Å². The lowest BCUT2D eigenvalue weighted by Gasteiger charge is -2.06. The Balaban J connectivity index is 2.26. The predicted octanol–water partition coefficient (Wildman–Crippen LogP) is 2.99. The third-order valence-electron chi connectivity index (χ3n) is 3.30. The minimum atomic E-state index is -3.49. The Morgan fingerprint density at radius 1 is 1.21 bits per heavy atom. The van der Waals surface area contributed by atoms with Gasteiger partial charge in [-0.25, -0.2) is 17.2 Å². The number of halogens is 2. The normalized spacial score (nSPS) is 11.8. The van der Waals surface area contributed by atoms with E-state index in [0.29, 0.717) is 0 Å². The van der Waals surface area contributed by atoms with E-state index >= 15 is 0 Å². The number of aryl methyl sites for hydroxylation is 1. The molecule has 1 amide bonds. The first-order chi connectivity index (χ1) is 11.1. The van der Waals surface area contributed by atoms with Crippen molar-refractivity contribution in [2.75, 3.05) is 11.1 Å². The Labute approximate surface area is 139 Å². The SMILES string of the molecule is CC(C)CS(=O)(=O)c1cc(C(=O)Nc2ccc(F)c(F)c2)n(C)c1. The van der Waals surface area contributed by atoms with Gasteiger partial charge in [-0.3, -0.25) is 4.79 Å². The molecule has 24 heavy (non-hydrogen) atoms. The van der Waals surface area contributed by atoms with Crippen molar-refractivity contribution >= 4 is 21.4 Å². The fourth-order valence-corrected chi connectivity index (χ4v) is 3.91. The third-order valence-corrected chi connectivity index (χ3v) is 5.35.